The highest BCUT2D eigenvalue weighted by molar-refractivity contribution is 5.85. The number of hydrogen-bond acceptors (Lipinski definition) is 7. The standard InChI is InChI=1S/C22H24N6O3/c1-22(2,3)31-21(30)27-8-6-26(7-9-27)19-5-4-15(12-24-19)18-10-17(29)14-28-20(18)16(11-23)13-25-28/h4-5,10,12-14,29H,6-9H2,1-3H3. The van der Waals surface area contributed by atoms with Crippen LogP contribution in [0, 0.1) is 11.3 Å². The fourth-order valence-electron chi connectivity index (χ4n) is 3.59. The van der Waals surface area contributed by atoms with E-state index < -0.39 is 5.60 Å². The Balaban J connectivity index is 1.50. The molecule has 0 spiro atoms. The number of amides is 1. The van der Waals surface area contributed by atoms with Crippen LogP contribution >= 0.6 is 0 Å². The highest BCUT2D eigenvalue weighted by Crippen LogP contribution is 2.30. The van der Waals surface area contributed by atoms with Gasteiger partial charge >= 0.3 is 6.09 Å². The molecule has 1 amide bonds. The molecule has 1 N–H and O–H groups in total. The molecular formula is C22H24N6O3. The average Bonchev–Trinajstić information content (AvgIpc) is 3.15. The molecule has 0 radical (unpaired) electrons. The van der Waals surface area contributed by atoms with Crippen LogP contribution in [0.15, 0.2) is 36.8 Å². The van der Waals surface area contributed by atoms with E-state index in [-0.39, 0.29) is 11.8 Å². The van der Waals surface area contributed by atoms with Crippen molar-refractivity contribution in [1.82, 2.24) is 19.5 Å². The zero-order valence-electron chi connectivity index (χ0n) is 17.7. The maximum absolute atomic E-state index is 12.2. The van der Waals surface area contributed by atoms with E-state index in [4.69, 9.17) is 4.74 Å². The van der Waals surface area contributed by atoms with Gasteiger partial charge in [0.15, 0.2) is 0 Å². The third-order valence-corrected chi connectivity index (χ3v) is 5.03. The first-order valence-electron chi connectivity index (χ1n) is 10.0. The van der Waals surface area contributed by atoms with Gasteiger partial charge in [-0.2, -0.15) is 10.4 Å². The maximum atomic E-state index is 12.2. The summed E-state index contributed by atoms with van der Waals surface area (Å²) >= 11 is 0. The molecule has 160 valence electrons. The summed E-state index contributed by atoms with van der Waals surface area (Å²) in [4.78, 5) is 20.6. The van der Waals surface area contributed by atoms with E-state index in [9.17, 15) is 15.2 Å². The number of ether oxygens (including phenoxy) is 1. The zero-order valence-corrected chi connectivity index (χ0v) is 17.7. The van der Waals surface area contributed by atoms with Gasteiger partial charge in [0, 0.05) is 43.5 Å². The molecule has 4 heterocycles. The fraction of sp³-hybridized carbons (Fsp3) is 0.364. The molecule has 3 aromatic rings. The Bertz CT molecular complexity index is 1150. The summed E-state index contributed by atoms with van der Waals surface area (Å²) in [6.45, 7) is 8.01. The number of carbonyl (C=O) groups is 1. The van der Waals surface area contributed by atoms with Crippen LogP contribution in [0.3, 0.4) is 0 Å². The van der Waals surface area contributed by atoms with Gasteiger partial charge in [0.2, 0.25) is 0 Å². The Morgan fingerprint density at radius 2 is 1.94 bits per heavy atom. The van der Waals surface area contributed by atoms with Crippen molar-refractivity contribution < 1.29 is 14.6 Å². The van der Waals surface area contributed by atoms with Crippen LogP contribution in [0.1, 0.15) is 26.3 Å². The molecule has 1 saturated heterocycles. The van der Waals surface area contributed by atoms with E-state index in [0.717, 1.165) is 11.4 Å². The van der Waals surface area contributed by atoms with E-state index >= 15 is 0 Å². The molecule has 4 rings (SSSR count). The molecule has 1 fully saturated rings. The van der Waals surface area contributed by atoms with E-state index in [1.807, 2.05) is 32.9 Å². The Kier molecular flexibility index (Phi) is 5.15. The van der Waals surface area contributed by atoms with Crippen LogP contribution in [0.25, 0.3) is 16.6 Å². The molecule has 9 heteroatoms. The van der Waals surface area contributed by atoms with Crippen LogP contribution < -0.4 is 4.90 Å². The summed E-state index contributed by atoms with van der Waals surface area (Å²) in [6.07, 6.45) is 4.37. The monoisotopic (exact) mass is 420 g/mol. The predicted molar refractivity (Wildman–Crippen MR) is 115 cm³/mol. The average molecular weight is 420 g/mol. The topological polar surface area (TPSA) is 107 Å². The van der Waals surface area contributed by atoms with Crippen molar-refractivity contribution in [2.45, 2.75) is 26.4 Å². The Hall–Kier alpha value is -3.80. The predicted octanol–water partition coefficient (Wildman–Crippen LogP) is 3.03. The molecule has 0 saturated carbocycles. The lowest BCUT2D eigenvalue weighted by molar-refractivity contribution is 0.0240. The smallest absolute Gasteiger partial charge is 0.410 e. The Morgan fingerprint density at radius 1 is 1.19 bits per heavy atom. The molecule has 0 aromatic carbocycles. The minimum atomic E-state index is -0.510. The highest BCUT2D eigenvalue weighted by Gasteiger charge is 2.26. The molecular weight excluding hydrogens is 396 g/mol. The maximum Gasteiger partial charge on any atom is 0.410 e. The van der Waals surface area contributed by atoms with E-state index in [0.29, 0.717) is 42.8 Å². The molecule has 0 bridgehead atoms. The molecule has 31 heavy (non-hydrogen) atoms. The minimum Gasteiger partial charge on any atom is -0.506 e. The van der Waals surface area contributed by atoms with Crippen molar-refractivity contribution in [3.05, 3.63) is 42.4 Å². The molecule has 0 atom stereocenters. The summed E-state index contributed by atoms with van der Waals surface area (Å²) in [7, 11) is 0. The van der Waals surface area contributed by atoms with Gasteiger partial charge < -0.3 is 19.6 Å². The minimum absolute atomic E-state index is 0.0532. The summed E-state index contributed by atoms with van der Waals surface area (Å²) in [6, 6.07) is 7.55. The van der Waals surface area contributed by atoms with Crippen molar-refractivity contribution in [3.63, 3.8) is 0 Å². The zero-order chi connectivity index (χ0) is 22.2. The highest BCUT2D eigenvalue weighted by atomic mass is 16.6. The summed E-state index contributed by atoms with van der Waals surface area (Å²) in [5.74, 6) is 0.857. The van der Waals surface area contributed by atoms with Crippen LogP contribution in [0.2, 0.25) is 0 Å². The lowest BCUT2D eigenvalue weighted by Crippen LogP contribution is -2.50. The second-order valence-electron chi connectivity index (χ2n) is 8.43. The number of rotatable bonds is 2. The van der Waals surface area contributed by atoms with Crippen molar-refractivity contribution in [1.29, 1.82) is 5.26 Å². The van der Waals surface area contributed by atoms with Crippen molar-refractivity contribution in [2.75, 3.05) is 31.1 Å². The number of nitriles is 1. The van der Waals surface area contributed by atoms with Gasteiger partial charge in [-0.15, -0.1) is 0 Å². The first kappa shape index (κ1) is 20.5. The summed E-state index contributed by atoms with van der Waals surface area (Å²) in [5.41, 5.74) is 2.00. The van der Waals surface area contributed by atoms with Crippen LogP contribution in [0.4, 0.5) is 10.6 Å². The second kappa shape index (κ2) is 7.80. The van der Waals surface area contributed by atoms with Gasteiger partial charge in [0.1, 0.15) is 23.2 Å². The summed E-state index contributed by atoms with van der Waals surface area (Å²) in [5, 5.41) is 23.5. The number of aromatic nitrogens is 3. The molecule has 0 unspecified atom stereocenters. The number of nitrogens with zero attached hydrogens (tertiary/aromatic N) is 6. The SMILES string of the molecule is CC(C)(C)OC(=O)N1CCN(c2ccc(-c3cc(O)cn4ncc(C#N)c34)cn2)CC1. The van der Waals surface area contributed by atoms with Crippen molar-refractivity contribution in [2.24, 2.45) is 0 Å². The normalized spacial score (nSPS) is 14.5. The van der Waals surface area contributed by atoms with E-state index in [1.165, 1.54) is 16.9 Å². The molecule has 1 aliphatic heterocycles. The molecule has 0 aliphatic carbocycles. The lowest BCUT2D eigenvalue weighted by atomic mass is 10.1. The van der Waals surface area contributed by atoms with Gasteiger partial charge in [0.05, 0.1) is 23.5 Å². The number of piperazine rings is 1. The molecule has 9 nitrogen and oxygen atoms in total. The van der Waals surface area contributed by atoms with Gasteiger partial charge in [-0.3, -0.25) is 0 Å². The number of anilines is 1. The number of fused-ring (bicyclic) bond motifs is 1. The van der Waals surface area contributed by atoms with Crippen molar-refractivity contribution in [3.8, 4) is 22.9 Å². The molecule has 1 aliphatic rings. The molecule has 3 aromatic heterocycles. The van der Waals surface area contributed by atoms with E-state index in [1.54, 1.807) is 17.2 Å². The number of pyridine rings is 2. The van der Waals surface area contributed by atoms with E-state index in [2.05, 4.69) is 21.1 Å². The van der Waals surface area contributed by atoms with Gasteiger partial charge in [-0.05, 0) is 39.0 Å². The third-order valence-electron chi connectivity index (χ3n) is 5.03. The first-order chi connectivity index (χ1) is 14.7. The Labute approximate surface area is 180 Å². The van der Waals surface area contributed by atoms with Crippen LogP contribution in [0.5, 0.6) is 5.75 Å². The van der Waals surface area contributed by atoms with Gasteiger partial charge in [-0.1, -0.05) is 0 Å². The van der Waals surface area contributed by atoms with Crippen LogP contribution in [-0.4, -0.2) is 62.5 Å². The largest absolute Gasteiger partial charge is 0.506 e. The quantitative estimate of drug-likeness (QED) is 0.679. The summed E-state index contributed by atoms with van der Waals surface area (Å²) < 4.78 is 6.94. The number of hydrogen-bond donors (Lipinski definition) is 1. The first-order valence-corrected chi connectivity index (χ1v) is 10.0. The van der Waals surface area contributed by atoms with Gasteiger partial charge in [0.25, 0.3) is 0 Å². The lowest BCUT2D eigenvalue weighted by Gasteiger charge is -2.36. The second-order valence-corrected chi connectivity index (χ2v) is 8.43. The van der Waals surface area contributed by atoms with Crippen LogP contribution in [-0.2, 0) is 4.74 Å². The van der Waals surface area contributed by atoms with Crippen molar-refractivity contribution >= 4 is 17.4 Å². The number of carbonyl (C=O) groups excluding carboxylic acids is 1. The Morgan fingerprint density at radius 3 is 2.55 bits per heavy atom. The fourth-order valence-corrected chi connectivity index (χ4v) is 3.59. The third kappa shape index (κ3) is 4.23. The number of aromatic hydroxyl groups is 1. The van der Waals surface area contributed by atoms with Gasteiger partial charge in [-0.25, -0.2) is 14.3 Å².